The fourth-order valence-corrected chi connectivity index (χ4v) is 2.86. The van der Waals surface area contributed by atoms with Gasteiger partial charge in [-0.15, -0.1) is 0 Å². The van der Waals surface area contributed by atoms with E-state index in [-0.39, 0.29) is 0 Å². The molecule has 0 spiro atoms. The molecule has 1 rings (SSSR count). The molecule has 0 saturated carbocycles. The van der Waals surface area contributed by atoms with E-state index in [2.05, 4.69) is 13.8 Å². The minimum absolute atomic E-state index is 0.348. The highest BCUT2D eigenvalue weighted by Gasteiger charge is 2.34. The largest absolute Gasteiger partial charge is 0.276 e. The molecular formula is C9H20N2O2S. The summed E-state index contributed by atoms with van der Waals surface area (Å²) in [4.78, 5) is 0. The number of rotatable bonds is 3. The van der Waals surface area contributed by atoms with E-state index in [1.165, 1.54) is 4.31 Å². The van der Waals surface area contributed by atoms with Gasteiger partial charge in [-0.25, -0.2) is 5.14 Å². The quantitative estimate of drug-likeness (QED) is 0.774. The predicted molar refractivity (Wildman–Crippen MR) is 56.9 cm³/mol. The lowest BCUT2D eigenvalue weighted by atomic mass is 9.75. The van der Waals surface area contributed by atoms with E-state index in [0.717, 1.165) is 25.7 Å². The van der Waals surface area contributed by atoms with E-state index in [0.29, 0.717) is 18.5 Å². The topological polar surface area (TPSA) is 63.4 Å². The molecule has 1 saturated heterocycles. The van der Waals surface area contributed by atoms with Gasteiger partial charge in [0, 0.05) is 13.1 Å². The highest BCUT2D eigenvalue weighted by molar-refractivity contribution is 7.86. The molecule has 0 aliphatic carbocycles. The third kappa shape index (κ3) is 2.46. The molecule has 0 aromatic heterocycles. The Labute approximate surface area is 86.6 Å². The van der Waals surface area contributed by atoms with E-state index in [4.69, 9.17) is 5.14 Å². The minimum Gasteiger partial charge on any atom is -0.216 e. The van der Waals surface area contributed by atoms with Crippen molar-refractivity contribution in [1.82, 2.24) is 4.31 Å². The van der Waals surface area contributed by atoms with Gasteiger partial charge in [0.1, 0.15) is 0 Å². The third-order valence-electron chi connectivity index (χ3n) is 3.64. The van der Waals surface area contributed by atoms with Gasteiger partial charge in [-0.05, 0) is 18.3 Å². The third-order valence-corrected chi connectivity index (χ3v) is 4.73. The van der Waals surface area contributed by atoms with Crippen LogP contribution in [0.25, 0.3) is 0 Å². The molecule has 4 nitrogen and oxygen atoms in total. The Hall–Kier alpha value is -0.130. The van der Waals surface area contributed by atoms with E-state index in [1.807, 2.05) is 0 Å². The molecule has 84 valence electrons. The van der Waals surface area contributed by atoms with E-state index in [1.54, 1.807) is 0 Å². The number of nitrogens with zero attached hydrogens (tertiary/aromatic N) is 1. The smallest absolute Gasteiger partial charge is 0.216 e. The van der Waals surface area contributed by atoms with Crippen molar-refractivity contribution < 1.29 is 8.42 Å². The molecule has 2 N–H and O–H groups in total. The standard InChI is InChI=1S/C9H20N2O2S/c1-3-9(4-2)5-7-11(8-6-9)14(10,12)13/h3-8H2,1-2H3,(H2,10,12,13). The zero-order valence-electron chi connectivity index (χ0n) is 8.99. The first-order chi connectivity index (χ1) is 6.43. The normalized spacial score (nSPS) is 23.6. The summed E-state index contributed by atoms with van der Waals surface area (Å²) < 4.78 is 23.5. The zero-order chi connectivity index (χ0) is 10.8. The van der Waals surface area contributed by atoms with Crippen LogP contribution in [0.1, 0.15) is 39.5 Å². The molecule has 1 fully saturated rings. The molecule has 1 aliphatic heterocycles. The molecule has 0 radical (unpaired) electrons. The van der Waals surface area contributed by atoms with Crippen LogP contribution in [0.2, 0.25) is 0 Å². The Balaban J connectivity index is 2.62. The van der Waals surface area contributed by atoms with Crippen LogP contribution in [-0.2, 0) is 10.2 Å². The van der Waals surface area contributed by atoms with Gasteiger partial charge >= 0.3 is 0 Å². The van der Waals surface area contributed by atoms with Crippen LogP contribution in [-0.4, -0.2) is 25.8 Å². The number of piperidine rings is 1. The summed E-state index contributed by atoms with van der Waals surface area (Å²) in [5, 5.41) is 5.08. The summed E-state index contributed by atoms with van der Waals surface area (Å²) in [6.07, 6.45) is 4.14. The molecular weight excluding hydrogens is 200 g/mol. The van der Waals surface area contributed by atoms with Crippen LogP contribution in [0.15, 0.2) is 0 Å². The van der Waals surface area contributed by atoms with Crippen LogP contribution < -0.4 is 5.14 Å². The molecule has 0 aromatic carbocycles. The van der Waals surface area contributed by atoms with Crippen molar-refractivity contribution in [3.8, 4) is 0 Å². The zero-order valence-corrected chi connectivity index (χ0v) is 9.81. The van der Waals surface area contributed by atoms with Crippen LogP contribution >= 0.6 is 0 Å². The average molecular weight is 220 g/mol. The Morgan fingerprint density at radius 2 is 1.64 bits per heavy atom. The monoisotopic (exact) mass is 220 g/mol. The van der Waals surface area contributed by atoms with Crippen molar-refractivity contribution in [2.75, 3.05) is 13.1 Å². The van der Waals surface area contributed by atoms with Crippen molar-refractivity contribution in [3.63, 3.8) is 0 Å². The second-order valence-electron chi connectivity index (χ2n) is 4.15. The van der Waals surface area contributed by atoms with Crippen LogP contribution in [0.3, 0.4) is 0 Å². The summed E-state index contributed by atoms with van der Waals surface area (Å²) in [5.74, 6) is 0. The molecule has 0 aromatic rings. The van der Waals surface area contributed by atoms with Gasteiger partial charge in [0.05, 0.1) is 0 Å². The fourth-order valence-electron chi connectivity index (χ4n) is 2.17. The van der Waals surface area contributed by atoms with Crippen molar-refractivity contribution in [2.45, 2.75) is 39.5 Å². The summed E-state index contributed by atoms with van der Waals surface area (Å²) in [5.41, 5.74) is 0.348. The van der Waals surface area contributed by atoms with Crippen LogP contribution in [0, 0.1) is 5.41 Å². The predicted octanol–water partition coefficient (Wildman–Crippen LogP) is 1.09. The molecule has 0 bridgehead atoms. The van der Waals surface area contributed by atoms with E-state index in [9.17, 15) is 8.42 Å². The number of hydrogen-bond donors (Lipinski definition) is 1. The SMILES string of the molecule is CCC1(CC)CCN(S(N)(=O)=O)CC1. The first-order valence-corrected chi connectivity index (χ1v) is 6.72. The summed E-state index contributed by atoms with van der Waals surface area (Å²) in [6, 6.07) is 0. The van der Waals surface area contributed by atoms with Crippen LogP contribution in [0.5, 0.6) is 0 Å². The first kappa shape index (κ1) is 11.9. The highest BCUT2D eigenvalue weighted by atomic mass is 32.2. The molecule has 0 amide bonds. The second kappa shape index (κ2) is 4.16. The van der Waals surface area contributed by atoms with Crippen molar-refractivity contribution in [3.05, 3.63) is 0 Å². The minimum atomic E-state index is -3.46. The molecule has 0 atom stereocenters. The van der Waals surface area contributed by atoms with Crippen molar-refractivity contribution in [1.29, 1.82) is 0 Å². The van der Waals surface area contributed by atoms with Gasteiger partial charge in [0.15, 0.2) is 0 Å². The van der Waals surface area contributed by atoms with Gasteiger partial charge in [0.25, 0.3) is 10.2 Å². The van der Waals surface area contributed by atoms with Gasteiger partial charge in [-0.3, -0.25) is 0 Å². The molecule has 14 heavy (non-hydrogen) atoms. The number of hydrogen-bond acceptors (Lipinski definition) is 2. The maximum Gasteiger partial charge on any atom is 0.276 e. The van der Waals surface area contributed by atoms with E-state index < -0.39 is 10.2 Å². The van der Waals surface area contributed by atoms with Gasteiger partial charge in [0.2, 0.25) is 0 Å². The number of nitrogens with two attached hydrogens (primary N) is 1. The first-order valence-electron chi connectivity index (χ1n) is 5.21. The maximum absolute atomic E-state index is 11.1. The Morgan fingerprint density at radius 3 is 1.93 bits per heavy atom. The van der Waals surface area contributed by atoms with E-state index >= 15 is 0 Å². The van der Waals surface area contributed by atoms with Gasteiger partial charge < -0.3 is 0 Å². The lowest BCUT2D eigenvalue weighted by Crippen LogP contribution is -2.45. The molecule has 5 heteroatoms. The lowest BCUT2D eigenvalue weighted by molar-refractivity contribution is 0.141. The average Bonchev–Trinajstić information content (AvgIpc) is 2.16. The van der Waals surface area contributed by atoms with Crippen molar-refractivity contribution >= 4 is 10.2 Å². The molecule has 1 heterocycles. The summed E-state index contributed by atoms with van der Waals surface area (Å²) in [7, 11) is -3.46. The summed E-state index contributed by atoms with van der Waals surface area (Å²) >= 11 is 0. The fraction of sp³-hybridized carbons (Fsp3) is 1.00. The Morgan fingerprint density at radius 1 is 1.21 bits per heavy atom. The Kier molecular flexibility index (Phi) is 3.55. The molecule has 1 aliphatic rings. The maximum atomic E-state index is 11.1. The van der Waals surface area contributed by atoms with Gasteiger partial charge in [-0.1, -0.05) is 26.7 Å². The summed E-state index contributed by atoms with van der Waals surface area (Å²) in [6.45, 7) is 5.52. The van der Waals surface area contributed by atoms with Crippen molar-refractivity contribution in [2.24, 2.45) is 10.6 Å². The van der Waals surface area contributed by atoms with Gasteiger partial charge in [-0.2, -0.15) is 12.7 Å². The van der Waals surface area contributed by atoms with Crippen LogP contribution in [0.4, 0.5) is 0 Å². The highest BCUT2D eigenvalue weighted by Crippen LogP contribution is 2.38. The second-order valence-corrected chi connectivity index (χ2v) is 5.70. The Bertz CT molecular complexity index is 273. The molecule has 0 unspecified atom stereocenters. The lowest BCUT2D eigenvalue weighted by Gasteiger charge is -2.39.